The van der Waals surface area contributed by atoms with E-state index in [0.717, 1.165) is 44.5 Å². The first-order chi connectivity index (χ1) is 18.5. The van der Waals surface area contributed by atoms with Crippen LogP contribution >= 0.6 is 0 Å². The van der Waals surface area contributed by atoms with Gasteiger partial charge in [-0.05, 0) is 51.6 Å². The highest BCUT2D eigenvalue weighted by Crippen LogP contribution is 2.38. The molecule has 0 aliphatic heterocycles. The smallest absolute Gasteiger partial charge is 0.234 e. The number of Topliss-reactive ketones (excluding diaryl/α,β-unsaturated/α-hetero) is 4. The summed E-state index contributed by atoms with van der Waals surface area (Å²) in [7, 11) is 0. The highest BCUT2D eigenvalue weighted by Gasteiger charge is 2.31. The monoisotopic (exact) mass is 491 g/mol. The maximum absolute atomic E-state index is 12.9. The number of carbonyl (C=O) groups is 4. The zero-order valence-electron chi connectivity index (χ0n) is 19.9. The van der Waals surface area contributed by atoms with Gasteiger partial charge in [-0.25, -0.2) is 0 Å². The molecule has 1 heterocycles. The summed E-state index contributed by atoms with van der Waals surface area (Å²) in [4.78, 5) is 55.6. The Kier molecular flexibility index (Phi) is 4.69. The highest BCUT2D eigenvalue weighted by molar-refractivity contribution is 6.53. The molecular formula is C33H17NO4. The van der Waals surface area contributed by atoms with Gasteiger partial charge >= 0.3 is 0 Å². The van der Waals surface area contributed by atoms with Gasteiger partial charge < -0.3 is 0 Å². The molecular weight excluding hydrogens is 474 g/mol. The van der Waals surface area contributed by atoms with E-state index >= 15 is 0 Å². The summed E-state index contributed by atoms with van der Waals surface area (Å²) in [5, 5.41) is 0. The fraction of sp³-hybridized carbons (Fsp3) is 0. The molecule has 0 amide bonds. The second kappa shape index (κ2) is 8.11. The number of rotatable bonds is 2. The minimum atomic E-state index is -0.525. The number of carbonyl (C=O) groups excluding carboxylic acids is 4. The summed E-state index contributed by atoms with van der Waals surface area (Å²) < 4.78 is 0. The Labute approximate surface area is 217 Å². The van der Waals surface area contributed by atoms with Crippen molar-refractivity contribution in [2.24, 2.45) is 0 Å². The Hall–Kier alpha value is -5.29. The third-order valence-electron chi connectivity index (χ3n) is 7.27. The molecule has 0 bridgehead atoms. The molecule has 0 N–H and O–H groups in total. The summed E-state index contributed by atoms with van der Waals surface area (Å²) in [6, 6.07) is 27.2. The van der Waals surface area contributed by atoms with Crippen LogP contribution in [0.2, 0.25) is 0 Å². The SMILES string of the molecule is O=C1C(=O)c2cc(-c3cncc(-c4ccc5c(c4)C(=O)C(=O)c4ccccc4-5)c3)ccc2-c2ccccc21. The number of hydrogen-bond donors (Lipinski definition) is 0. The van der Waals surface area contributed by atoms with E-state index in [1.54, 1.807) is 48.8 Å². The third kappa shape index (κ3) is 3.15. The molecule has 4 aromatic carbocycles. The molecule has 178 valence electrons. The first-order valence-electron chi connectivity index (χ1n) is 12.1. The van der Waals surface area contributed by atoms with Gasteiger partial charge in [0.1, 0.15) is 0 Å². The highest BCUT2D eigenvalue weighted by atomic mass is 16.2. The summed E-state index contributed by atoms with van der Waals surface area (Å²) in [5.41, 5.74) is 7.56. The fourth-order valence-corrected chi connectivity index (χ4v) is 5.37. The van der Waals surface area contributed by atoms with E-state index in [-0.39, 0.29) is 0 Å². The van der Waals surface area contributed by atoms with Crippen molar-refractivity contribution in [1.29, 1.82) is 0 Å². The van der Waals surface area contributed by atoms with Crippen LogP contribution in [-0.4, -0.2) is 28.1 Å². The molecule has 2 aliphatic rings. The molecule has 0 radical (unpaired) electrons. The molecule has 0 atom stereocenters. The van der Waals surface area contributed by atoms with Crippen LogP contribution in [0.1, 0.15) is 41.4 Å². The topological polar surface area (TPSA) is 81.2 Å². The van der Waals surface area contributed by atoms with Gasteiger partial charge in [-0.2, -0.15) is 0 Å². The summed E-state index contributed by atoms with van der Waals surface area (Å²) in [5.74, 6) is -2.07. The molecule has 0 unspecified atom stereocenters. The van der Waals surface area contributed by atoms with E-state index < -0.39 is 23.1 Å². The van der Waals surface area contributed by atoms with Gasteiger partial charge in [-0.15, -0.1) is 0 Å². The van der Waals surface area contributed by atoms with E-state index in [0.29, 0.717) is 22.3 Å². The second-order valence-electron chi connectivity index (χ2n) is 9.39. The Morgan fingerprint density at radius 3 is 1.16 bits per heavy atom. The lowest BCUT2D eigenvalue weighted by Gasteiger charge is -2.19. The fourth-order valence-electron chi connectivity index (χ4n) is 5.37. The zero-order valence-corrected chi connectivity index (χ0v) is 19.9. The number of fused-ring (bicyclic) bond motifs is 6. The van der Waals surface area contributed by atoms with Gasteiger partial charge in [-0.3, -0.25) is 24.2 Å². The lowest BCUT2D eigenvalue weighted by Crippen LogP contribution is -2.21. The van der Waals surface area contributed by atoms with Crippen molar-refractivity contribution in [3.63, 3.8) is 0 Å². The van der Waals surface area contributed by atoms with Crippen LogP contribution in [0.5, 0.6) is 0 Å². The molecule has 38 heavy (non-hydrogen) atoms. The molecule has 2 aliphatic carbocycles. The van der Waals surface area contributed by atoms with E-state index in [9.17, 15) is 19.2 Å². The van der Waals surface area contributed by atoms with Gasteiger partial charge in [0.2, 0.25) is 23.1 Å². The molecule has 5 heteroatoms. The maximum Gasteiger partial charge on any atom is 0.234 e. The first kappa shape index (κ1) is 21.9. The van der Waals surface area contributed by atoms with Crippen molar-refractivity contribution in [2.45, 2.75) is 0 Å². The molecule has 0 spiro atoms. The van der Waals surface area contributed by atoms with Crippen molar-refractivity contribution in [1.82, 2.24) is 4.98 Å². The molecule has 0 fully saturated rings. The van der Waals surface area contributed by atoms with Gasteiger partial charge in [0, 0.05) is 45.8 Å². The van der Waals surface area contributed by atoms with Crippen molar-refractivity contribution in [3.8, 4) is 44.5 Å². The number of ketones is 4. The normalized spacial score (nSPS) is 13.5. The molecule has 0 saturated heterocycles. The Morgan fingerprint density at radius 1 is 0.342 bits per heavy atom. The zero-order chi connectivity index (χ0) is 26.0. The van der Waals surface area contributed by atoms with E-state index in [4.69, 9.17) is 0 Å². The lowest BCUT2D eigenvalue weighted by atomic mass is 9.82. The van der Waals surface area contributed by atoms with Crippen molar-refractivity contribution in [2.75, 3.05) is 0 Å². The van der Waals surface area contributed by atoms with Crippen LogP contribution in [0, 0.1) is 0 Å². The van der Waals surface area contributed by atoms with Gasteiger partial charge in [0.05, 0.1) is 0 Å². The number of benzene rings is 4. The Morgan fingerprint density at radius 2 is 0.711 bits per heavy atom. The van der Waals surface area contributed by atoms with Crippen molar-refractivity contribution >= 4 is 23.1 Å². The van der Waals surface area contributed by atoms with Crippen LogP contribution in [0.3, 0.4) is 0 Å². The standard InChI is InChI=1S/C33H17NO4/c35-30-26-7-3-1-5-22(26)24-11-9-18(14-28(24)32(30)37)20-13-21(17-34-16-20)19-10-12-25-23-6-2-4-8-27(23)31(36)33(38)29(25)15-19/h1-17H. The predicted octanol–water partition coefficient (Wildman–Crippen LogP) is 6.51. The van der Waals surface area contributed by atoms with E-state index in [1.807, 2.05) is 54.6 Å². The average Bonchev–Trinajstić information content (AvgIpc) is 2.98. The minimum Gasteiger partial charge on any atom is -0.285 e. The van der Waals surface area contributed by atoms with Crippen molar-refractivity contribution in [3.05, 3.63) is 126 Å². The second-order valence-corrected chi connectivity index (χ2v) is 9.39. The molecule has 5 aromatic rings. The molecule has 5 nitrogen and oxygen atoms in total. The predicted molar refractivity (Wildman–Crippen MR) is 143 cm³/mol. The van der Waals surface area contributed by atoms with Crippen LogP contribution in [0.15, 0.2) is 103 Å². The Balaban J connectivity index is 1.31. The third-order valence-corrected chi connectivity index (χ3v) is 7.27. The number of hydrogen-bond acceptors (Lipinski definition) is 5. The first-order valence-corrected chi connectivity index (χ1v) is 12.1. The van der Waals surface area contributed by atoms with E-state index in [1.165, 1.54) is 0 Å². The molecule has 1 aromatic heterocycles. The maximum atomic E-state index is 12.9. The largest absolute Gasteiger partial charge is 0.285 e. The molecule has 7 rings (SSSR count). The minimum absolute atomic E-state index is 0.369. The number of pyridine rings is 1. The van der Waals surface area contributed by atoms with Gasteiger partial charge in [0.15, 0.2) is 0 Å². The van der Waals surface area contributed by atoms with Crippen molar-refractivity contribution < 1.29 is 19.2 Å². The summed E-state index contributed by atoms with van der Waals surface area (Å²) in [6.07, 6.45) is 3.38. The van der Waals surface area contributed by atoms with Gasteiger partial charge in [-0.1, -0.05) is 72.8 Å². The van der Waals surface area contributed by atoms with Crippen LogP contribution in [0.25, 0.3) is 44.5 Å². The summed E-state index contributed by atoms with van der Waals surface area (Å²) in [6.45, 7) is 0. The average molecular weight is 492 g/mol. The number of aromatic nitrogens is 1. The van der Waals surface area contributed by atoms with Crippen LogP contribution < -0.4 is 0 Å². The van der Waals surface area contributed by atoms with Crippen LogP contribution in [0.4, 0.5) is 0 Å². The molecule has 0 saturated carbocycles. The van der Waals surface area contributed by atoms with Gasteiger partial charge in [0.25, 0.3) is 0 Å². The lowest BCUT2D eigenvalue weighted by molar-refractivity contribution is 0.0815. The summed E-state index contributed by atoms with van der Waals surface area (Å²) >= 11 is 0. The van der Waals surface area contributed by atoms with Crippen LogP contribution in [-0.2, 0) is 0 Å². The quantitative estimate of drug-likeness (QED) is 0.263. The van der Waals surface area contributed by atoms with E-state index in [2.05, 4.69) is 4.98 Å². The number of nitrogens with zero attached hydrogens (tertiary/aromatic N) is 1. The Bertz CT molecular complexity index is 1770.